The van der Waals surface area contributed by atoms with Crippen LogP contribution in [0.3, 0.4) is 0 Å². The highest BCUT2D eigenvalue weighted by molar-refractivity contribution is 6.14. The minimum atomic E-state index is -0.119. The normalized spacial score (nSPS) is 12.7. The van der Waals surface area contributed by atoms with Crippen LogP contribution in [0.2, 0.25) is 0 Å². The monoisotopic (exact) mass is 862 g/mol. The molecule has 0 unspecified atom stereocenters. The van der Waals surface area contributed by atoms with Crippen LogP contribution < -0.4 is 0 Å². The quantitative estimate of drug-likeness (QED) is 0.177. The van der Waals surface area contributed by atoms with Crippen molar-refractivity contribution in [2.45, 2.75) is 119 Å². The van der Waals surface area contributed by atoms with Crippen molar-refractivity contribution in [3.8, 4) is 45.8 Å². The number of nitriles is 2. The molecule has 2 heterocycles. The first kappa shape index (κ1) is 44.3. The Hall–Kier alpha value is -6.88. The number of rotatable bonds is 4. The zero-order chi connectivity index (χ0) is 47.4. The standard InChI is InChI=1S/C62H62N4/c1-37-39(35-63)17-15-19-45(37)51-29-30-52(46-20-16-18-40(36-64)38(46)2)58(66-55-33-43(61(9,10)11)23-27-49(55)50-28-24-44(34-56(50)66)62(12,13)14)57(51)65-53-31-41(59(3,4)5)21-25-47(53)48-26-22-42(32-54(48)65)60(6,7)8/h15-34H,1-14H3. The molecule has 0 N–H and O–H groups in total. The van der Waals surface area contributed by atoms with Gasteiger partial charge in [0, 0.05) is 32.7 Å². The Morgan fingerprint density at radius 1 is 0.348 bits per heavy atom. The minimum absolute atomic E-state index is 0.119. The fourth-order valence-electron chi connectivity index (χ4n) is 9.95. The van der Waals surface area contributed by atoms with E-state index in [2.05, 4.69) is 215 Å². The maximum Gasteiger partial charge on any atom is 0.0994 e. The van der Waals surface area contributed by atoms with Gasteiger partial charge < -0.3 is 9.13 Å². The molecular formula is C62H62N4. The van der Waals surface area contributed by atoms with Crippen LogP contribution in [0.4, 0.5) is 0 Å². The topological polar surface area (TPSA) is 57.4 Å². The van der Waals surface area contributed by atoms with E-state index in [1.807, 2.05) is 24.3 Å². The maximum atomic E-state index is 10.6. The molecule has 0 saturated heterocycles. The van der Waals surface area contributed by atoms with E-state index in [1.54, 1.807) is 0 Å². The molecule has 0 radical (unpaired) electrons. The fourth-order valence-corrected chi connectivity index (χ4v) is 9.95. The van der Waals surface area contributed by atoms with Gasteiger partial charge in [0.1, 0.15) is 0 Å². The average molecular weight is 863 g/mol. The summed E-state index contributed by atoms with van der Waals surface area (Å²) in [5, 5.41) is 25.8. The summed E-state index contributed by atoms with van der Waals surface area (Å²) < 4.78 is 5.09. The van der Waals surface area contributed by atoms with Crippen molar-refractivity contribution in [2.75, 3.05) is 0 Å². The van der Waals surface area contributed by atoms with E-state index in [0.29, 0.717) is 11.1 Å². The second-order valence-corrected chi connectivity index (χ2v) is 22.6. The summed E-state index contributed by atoms with van der Waals surface area (Å²) in [5.74, 6) is 0. The van der Waals surface area contributed by atoms with Gasteiger partial charge in [-0.15, -0.1) is 0 Å². The van der Waals surface area contributed by atoms with Gasteiger partial charge in [-0.05, 0) is 116 Å². The van der Waals surface area contributed by atoms with Gasteiger partial charge in [0.05, 0.1) is 56.7 Å². The molecule has 4 heteroatoms. The molecule has 0 atom stereocenters. The maximum absolute atomic E-state index is 10.6. The van der Waals surface area contributed by atoms with E-state index in [9.17, 15) is 10.5 Å². The van der Waals surface area contributed by atoms with E-state index in [4.69, 9.17) is 0 Å². The highest BCUT2D eigenvalue weighted by Gasteiger charge is 2.30. The lowest BCUT2D eigenvalue weighted by atomic mass is 9.86. The SMILES string of the molecule is Cc1c(C#N)cccc1-c1ccc(-c2cccc(C#N)c2C)c(-n2c3cc(C(C)(C)C)ccc3c3ccc(C(C)(C)C)cc32)c1-n1c2cc(C(C)(C)C)ccc2c2ccc(C(C)(C)C)cc21. The molecule has 66 heavy (non-hydrogen) atoms. The van der Waals surface area contributed by atoms with Gasteiger partial charge in [-0.25, -0.2) is 0 Å². The second kappa shape index (κ2) is 15.4. The van der Waals surface area contributed by atoms with Crippen molar-refractivity contribution in [1.82, 2.24) is 9.13 Å². The lowest BCUT2D eigenvalue weighted by molar-refractivity contribution is 0.590. The molecule has 0 spiro atoms. The number of fused-ring (bicyclic) bond motifs is 6. The summed E-state index contributed by atoms with van der Waals surface area (Å²) in [6.07, 6.45) is 0. The summed E-state index contributed by atoms with van der Waals surface area (Å²) in [7, 11) is 0. The molecule has 0 aliphatic rings. The van der Waals surface area contributed by atoms with Crippen molar-refractivity contribution >= 4 is 43.6 Å². The van der Waals surface area contributed by atoms with Gasteiger partial charge in [-0.1, -0.05) is 168 Å². The Kier molecular flexibility index (Phi) is 10.3. The van der Waals surface area contributed by atoms with E-state index in [0.717, 1.165) is 66.8 Å². The van der Waals surface area contributed by atoms with Crippen molar-refractivity contribution < 1.29 is 0 Å². The number of aromatic nitrogens is 2. The first-order chi connectivity index (χ1) is 31.0. The molecule has 7 aromatic carbocycles. The third-order valence-electron chi connectivity index (χ3n) is 14.1. The average Bonchev–Trinajstić information content (AvgIpc) is 3.76. The first-order valence-corrected chi connectivity index (χ1v) is 23.4. The van der Waals surface area contributed by atoms with E-state index in [-0.39, 0.29) is 21.7 Å². The van der Waals surface area contributed by atoms with Crippen LogP contribution in [0, 0.1) is 36.5 Å². The molecule has 9 aromatic rings. The van der Waals surface area contributed by atoms with Crippen LogP contribution in [0.15, 0.2) is 121 Å². The minimum Gasteiger partial charge on any atom is -0.307 e. The Labute approximate surface area is 391 Å². The van der Waals surface area contributed by atoms with Gasteiger partial charge in [0.25, 0.3) is 0 Å². The predicted molar refractivity (Wildman–Crippen MR) is 280 cm³/mol. The Morgan fingerprint density at radius 3 is 0.864 bits per heavy atom. The molecule has 0 saturated carbocycles. The largest absolute Gasteiger partial charge is 0.307 e. The highest BCUT2D eigenvalue weighted by Crippen LogP contribution is 2.49. The first-order valence-electron chi connectivity index (χ1n) is 23.4. The number of hydrogen-bond donors (Lipinski definition) is 0. The number of hydrogen-bond acceptors (Lipinski definition) is 2. The molecule has 2 aromatic heterocycles. The smallest absolute Gasteiger partial charge is 0.0994 e. The molecule has 330 valence electrons. The summed E-state index contributed by atoms with van der Waals surface area (Å²) in [6.45, 7) is 31.6. The van der Waals surface area contributed by atoms with Gasteiger partial charge in [-0.2, -0.15) is 10.5 Å². The lowest BCUT2D eigenvalue weighted by Crippen LogP contribution is -2.13. The Bertz CT molecular complexity index is 3160. The summed E-state index contributed by atoms with van der Waals surface area (Å²) in [4.78, 5) is 0. The molecule has 4 nitrogen and oxygen atoms in total. The zero-order valence-electron chi connectivity index (χ0n) is 41.3. The molecule has 0 bridgehead atoms. The van der Waals surface area contributed by atoms with Gasteiger partial charge in [0.2, 0.25) is 0 Å². The van der Waals surface area contributed by atoms with Crippen LogP contribution in [0.1, 0.15) is 128 Å². The van der Waals surface area contributed by atoms with Crippen LogP contribution in [-0.4, -0.2) is 9.13 Å². The summed E-state index contributed by atoms with van der Waals surface area (Å²) >= 11 is 0. The summed E-state index contributed by atoms with van der Waals surface area (Å²) in [6, 6.07) is 49.9. The fraction of sp³-hybridized carbons (Fsp3) is 0.290. The van der Waals surface area contributed by atoms with E-state index >= 15 is 0 Å². The molecule has 9 rings (SSSR count). The predicted octanol–water partition coefficient (Wildman–Crippen LogP) is 16.8. The van der Waals surface area contributed by atoms with Crippen molar-refractivity contribution in [2.24, 2.45) is 0 Å². The second-order valence-electron chi connectivity index (χ2n) is 22.6. The number of nitrogens with zero attached hydrogens (tertiary/aromatic N) is 4. The highest BCUT2D eigenvalue weighted by atomic mass is 15.1. The van der Waals surface area contributed by atoms with Crippen LogP contribution in [-0.2, 0) is 21.7 Å². The van der Waals surface area contributed by atoms with Crippen LogP contribution in [0.5, 0.6) is 0 Å². The van der Waals surface area contributed by atoms with Gasteiger partial charge >= 0.3 is 0 Å². The van der Waals surface area contributed by atoms with Crippen LogP contribution >= 0.6 is 0 Å². The number of benzene rings is 7. The third kappa shape index (κ3) is 7.20. The Balaban J connectivity index is 1.65. The Morgan fingerprint density at radius 2 is 0.621 bits per heavy atom. The van der Waals surface area contributed by atoms with Gasteiger partial charge in [0.15, 0.2) is 0 Å². The molecule has 0 aliphatic heterocycles. The van der Waals surface area contributed by atoms with E-state index in [1.165, 1.54) is 43.8 Å². The zero-order valence-corrected chi connectivity index (χ0v) is 41.3. The van der Waals surface area contributed by atoms with Crippen molar-refractivity contribution in [1.29, 1.82) is 10.5 Å². The van der Waals surface area contributed by atoms with Crippen LogP contribution in [0.25, 0.3) is 77.2 Å². The van der Waals surface area contributed by atoms with E-state index < -0.39 is 0 Å². The molecule has 0 aliphatic carbocycles. The molecular weight excluding hydrogens is 801 g/mol. The van der Waals surface area contributed by atoms with Gasteiger partial charge in [-0.3, -0.25) is 0 Å². The third-order valence-corrected chi connectivity index (χ3v) is 14.1. The molecule has 0 fully saturated rings. The van der Waals surface area contributed by atoms with Crippen molar-refractivity contribution in [3.63, 3.8) is 0 Å². The lowest BCUT2D eigenvalue weighted by Gasteiger charge is -2.27. The van der Waals surface area contributed by atoms with Crippen molar-refractivity contribution in [3.05, 3.63) is 166 Å². The molecule has 0 amide bonds. The summed E-state index contributed by atoms with van der Waals surface area (Å²) in [5.41, 5.74) is 18.2.